The largest absolute Gasteiger partial charge is 0.344 e. The van der Waals surface area contributed by atoms with E-state index in [1.165, 1.54) is 0 Å². The first-order valence-corrected chi connectivity index (χ1v) is 5.17. The van der Waals surface area contributed by atoms with Gasteiger partial charge in [-0.3, -0.25) is 9.69 Å². The summed E-state index contributed by atoms with van der Waals surface area (Å²) in [5.74, 6) is 2.40. The number of rotatable bonds is 7. The van der Waals surface area contributed by atoms with Gasteiger partial charge in [-0.05, 0) is 19.5 Å². The summed E-state index contributed by atoms with van der Waals surface area (Å²) in [4.78, 5) is 13.4. The fourth-order valence-electron chi connectivity index (χ4n) is 1.14. The summed E-state index contributed by atoms with van der Waals surface area (Å²) in [7, 11) is 0. The van der Waals surface area contributed by atoms with E-state index in [9.17, 15) is 4.79 Å². The van der Waals surface area contributed by atoms with Crippen LogP contribution >= 0.6 is 0 Å². The number of hydrogen-bond acceptors (Lipinski definition) is 2. The van der Waals surface area contributed by atoms with Crippen molar-refractivity contribution < 1.29 is 4.79 Å². The zero-order valence-electron chi connectivity index (χ0n) is 9.18. The van der Waals surface area contributed by atoms with E-state index in [2.05, 4.69) is 30.0 Å². The monoisotopic (exact) mass is 196 g/mol. The molecule has 0 spiro atoms. The van der Waals surface area contributed by atoms with Gasteiger partial charge in [-0.2, -0.15) is 0 Å². The molecule has 3 nitrogen and oxygen atoms in total. The van der Waals surface area contributed by atoms with Crippen molar-refractivity contribution in [1.29, 1.82) is 0 Å². The summed E-state index contributed by atoms with van der Waals surface area (Å²) in [6.07, 6.45) is 7.33. The fourth-order valence-corrected chi connectivity index (χ4v) is 1.14. The van der Waals surface area contributed by atoms with Crippen molar-refractivity contribution >= 4 is 5.91 Å². The Labute approximate surface area is 86.9 Å². The normalized spacial score (nSPS) is 9.86. The second kappa shape index (κ2) is 8.58. The molecule has 0 aromatic carbocycles. The molecule has 0 atom stereocenters. The number of likely N-dealkylation sites (N-methyl/N-ethyl adjacent to an activating group) is 1. The Hall–Kier alpha value is -1.01. The number of hydrogen-bond donors (Lipinski definition) is 1. The molecule has 0 fully saturated rings. The maximum Gasteiger partial charge on any atom is 0.234 e. The molecule has 0 saturated carbocycles. The topological polar surface area (TPSA) is 32.3 Å². The molecule has 0 aliphatic rings. The predicted molar refractivity (Wildman–Crippen MR) is 58.9 cm³/mol. The molecule has 0 aromatic rings. The van der Waals surface area contributed by atoms with Gasteiger partial charge in [0, 0.05) is 0 Å². The SMILES string of the molecule is C#CCNC(=O)CN(CC)CCCC. The van der Waals surface area contributed by atoms with Crippen molar-refractivity contribution in [2.24, 2.45) is 0 Å². The molecule has 0 aliphatic carbocycles. The average molecular weight is 196 g/mol. The summed E-state index contributed by atoms with van der Waals surface area (Å²) in [5.41, 5.74) is 0. The van der Waals surface area contributed by atoms with E-state index in [-0.39, 0.29) is 5.91 Å². The summed E-state index contributed by atoms with van der Waals surface area (Å²) in [6.45, 7) is 6.87. The van der Waals surface area contributed by atoms with E-state index in [4.69, 9.17) is 6.42 Å². The second-order valence-electron chi connectivity index (χ2n) is 3.20. The minimum atomic E-state index is 0.0147. The molecule has 1 N–H and O–H groups in total. The van der Waals surface area contributed by atoms with Crippen LogP contribution in [0.3, 0.4) is 0 Å². The van der Waals surface area contributed by atoms with E-state index in [1.54, 1.807) is 0 Å². The van der Waals surface area contributed by atoms with Gasteiger partial charge in [-0.1, -0.05) is 26.2 Å². The molecule has 14 heavy (non-hydrogen) atoms. The standard InChI is InChI=1S/C11H20N2O/c1-4-7-9-13(6-3)10-11(14)12-8-5-2/h2H,4,6-10H2,1,3H3,(H,12,14). The Morgan fingerprint density at radius 3 is 2.71 bits per heavy atom. The van der Waals surface area contributed by atoms with Crippen molar-refractivity contribution in [3.8, 4) is 12.3 Å². The minimum absolute atomic E-state index is 0.0147. The lowest BCUT2D eigenvalue weighted by Gasteiger charge is -2.18. The smallest absolute Gasteiger partial charge is 0.234 e. The molecule has 0 saturated heterocycles. The molecule has 0 unspecified atom stereocenters. The van der Waals surface area contributed by atoms with Crippen molar-refractivity contribution in [1.82, 2.24) is 10.2 Å². The first-order valence-electron chi connectivity index (χ1n) is 5.17. The average Bonchev–Trinajstić information content (AvgIpc) is 2.21. The van der Waals surface area contributed by atoms with Gasteiger partial charge in [0.1, 0.15) is 0 Å². The van der Waals surface area contributed by atoms with E-state index < -0.39 is 0 Å². The van der Waals surface area contributed by atoms with Crippen molar-refractivity contribution in [3.05, 3.63) is 0 Å². The molecular weight excluding hydrogens is 176 g/mol. The summed E-state index contributed by atoms with van der Waals surface area (Å²) < 4.78 is 0. The number of carbonyl (C=O) groups excluding carboxylic acids is 1. The lowest BCUT2D eigenvalue weighted by atomic mass is 10.3. The third-order valence-electron chi connectivity index (χ3n) is 2.03. The molecule has 1 amide bonds. The molecule has 0 radical (unpaired) electrons. The van der Waals surface area contributed by atoms with E-state index in [1.807, 2.05) is 0 Å². The summed E-state index contributed by atoms with van der Waals surface area (Å²) in [5, 5.41) is 2.66. The Morgan fingerprint density at radius 2 is 2.21 bits per heavy atom. The molecule has 0 aliphatic heterocycles. The van der Waals surface area contributed by atoms with Crippen LogP contribution in [0, 0.1) is 12.3 Å². The van der Waals surface area contributed by atoms with Crippen LogP contribution in [-0.4, -0.2) is 37.0 Å². The lowest BCUT2D eigenvalue weighted by molar-refractivity contribution is -0.122. The van der Waals surface area contributed by atoms with Crippen LogP contribution in [0.5, 0.6) is 0 Å². The zero-order valence-corrected chi connectivity index (χ0v) is 9.18. The molecular formula is C11H20N2O. The Bertz CT molecular complexity index is 196. The van der Waals surface area contributed by atoms with Crippen molar-refractivity contribution in [3.63, 3.8) is 0 Å². The minimum Gasteiger partial charge on any atom is -0.344 e. The quantitative estimate of drug-likeness (QED) is 0.612. The van der Waals surface area contributed by atoms with Crippen molar-refractivity contribution in [2.45, 2.75) is 26.7 Å². The molecule has 0 aromatic heterocycles. The van der Waals surface area contributed by atoms with Crippen LogP contribution in [0.1, 0.15) is 26.7 Å². The summed E-state index contributed by atoms with van der Waals surface area (Å²) in [6, 6.07) is 0. The van der Waals surface area contributed by atoms with Gasteiger partial charge >= 0.3 is 0 Å². The number of unbranched alkanes of at least 4 members (excludes halogenated alkanes) is 1. The van der Waals surface area contributed by atoms with Crippen LogP contribution in [0.4, 0.5) is 0 Å². The number of terminal acetylenes is 1. The number of nitrogens with one attached hydrogen (secondary N) is 1. The molecule has 80 valence electrons. The lowest BCUT2D eigenvalue weighted by Crippen LogP contribution is -2.37. The maximum atomic E-state index is 11.3. The Morgan fingerprint density at radius 1 is 1.50 bits per heavy atom. The molecule has 0 rings (SSSR count). The highest BCUT2D eigenvalue weighted by Gasteiger charge is 2.06. The molecule has 0 bridgehead atoms. The van der Waals surface area contributed by atoms with Crippen LogP contribution in [0.25, 0.3) is 0 Å². The third-order valence-corrected chi connectivity index (χ3v) is 2.03. The Balaban J connectivity index is 3.69. The van der Waals surface area contributed by atoms with Gasteiger partial charge in [-0.15, -0.1) is 6.42 Å². The first-order chi connectivity index (χ1) is 6.74. The van der Waals surface area contributed by atoms with Gasteiger partial charge in [-0.25, -0.2) is 0 Å². The fraction of sp³-hybridized carbons (Fsp3) is 0.727. The van der Waals surface area contributed by atoms with Gasteiger partial charge in [0.15, 0.2) is 0 Å². The molecule has 3 heteroatoms. The van der Waals surface area contributed by atoms with Gasteiger partial charge in [0.05, 0.1) is 13.1 Å². The van der Waals surface area contributed by atoms with Crippen LogP contribution < -0.4 is 5.32 Å². The van der Waals surface area contributed by atoms with E-state index in [0.717, 1.165) is 25.9 Å². The van der Waals surface area contributed by atoms with Gasteiger partial charge < -0.3 is 5.32 Å². The van der Waals surface area contributed by atoms with Crippen molar-refractivity contribution in [2.75, 3.05) is 26.2 Å². The van der Waals surface area contributed by atoms with Gasteiger partial charge in [0.25, 0.3) is 0 Å². The maximum absolute atomic E-state index is 11.3. The zero-order chi connectivity index (χ0) is 10.8. The van der Waals surface area contributed by atoms with E-state index >= 15 is 0 Å². The highest BCUT2D eigenvalue weighted by molar-refractivity contribution is 5.78. The summed E-state index contributed by atoms with van der Waals surface area (Å²) >= 11 is 0. The van der Waals surface area contributed by atoms with Crippen LogP contribution in [0.15, 0.2) is 0 Å². The number of carbonyl (C=O) groups is 1. The second-order valence-corrected chi connectivity index (χ2v) is 3.20. The highest BCUT2D eigenvalue weighted by atomic mass is 16.2. The highest BCUT2D eigenvalue weighted by Crippen LogP contribution is 1.93. The predicted octanol–water partition coefficient (Wildman–Crippen LogP) is 0.858. The van der Waals surface area contributed by atoms with Gasteiger partial charge in [0.2, 0.25) is 5.91 Å². The Kier molecular flexibility index (Phi) is 7.96. The molecule has 0 heterocycles. The van der Waals surface area contributed by atoms with Crippen LogP contribution in [0.2, 0.25) is 0 Å². The van der Waals surface area contributed by atoms with E-state index in [0.29, 0.717) is 13.1 Å². The number of nitrogens with zero attached hydrogens (tertiary/aromatic N) is 1. The third kappa shape index (κ3) is 6.50. The first kappa shape index (κ1) is 13.0. The number of amides is 1. The van der Waals surface area contributed by atoms with Crippen LogP contribution in [-0.2, 0) is 4.79 Å².